The molecule has 1 nitrogen and oxygen atoms in total. The first kappa shape index (κ1) is 16.3. The summed E-state index contributed by atoms with van der Waals surface area (Å²) in [6, 6.07) is 8.55. The quantitative estimate of drug-likeness (QED) is 0.569. The summed E-state index contributed by atoms with van der Waals surface area (Å²) in [4.78, 5) is 2.45. The summed E-state index contributed by atoms with van der Waals surface area (Å²) in [6.45, 7) is 5.38. The van der Waals surface area contributed by atoms with E-state index < -0.39 is 0 Å². The molecule has 1 unspecified atom stereocenters. The minimum Gasteiger partial charge on any atom is -0.309 e. The Morgan fingerprint density at radius 2 is 1.95 bits per heavy atom. The summed E-state index contributed by atoms with van der Waals surface area (Å²) in [5.41, 5.74) is 0.985. The molecule has 1 aromatic carbocycles. The molecule has 0 saturated heterocycles. The number of halogens is 3. The van der Waals surface area contributed by atoms with Crippen LogP contribution in [-0.4, -0.2) is 6.54 Å². The predicted octanol–water partition coefficient (Wildman–Crippen LogP) is 6.55. The Hall–Kier alpha value is -0.0600. The van der Waals surface area contributed by atoms with E-state index in [1.807, 2.05) is 12.1 Å². The maximum Gasteiger partial charge on any atom is 0.0740 e. The first-order valence-corrected chi connectivity index (χ1v) is 8.88. The van der Waals surface area contributed by atoms with Crippen LogP contribution in [0, 0.1) is 0 Å². The van der Waals surface area contributed by atoms with Crippen LogP contribution in [-0.2, 0) is 0 Å². The van der Waals surface area contributed by atoms with Crippen molar-refractivity contribution in [3.8, 4) is 10.4 Å². The number of hydrogen-bond donors (Lipinski definition) is 1. The van der Waals surface area contributed by atoms with Crippen LogP contribution in [0.4, 0.5) is 0 Å². The Kier molecular flexibility index (Phi) is 5.94. The Labute approximate surface area is 142 Å². The van der Waals surface area contributed by atoms with Gasteiger partial charge < -0.3 is 5.32 Å². The van der Waals surface area contributed by atoms with E-state index in [0.29, 0.717) is 16.1 Å². The average Bonchev–Trinajstić information content (AvgIpc) is 2.92. The van der Waals surface area contributed by atoms with E-state index in [1.165, 1.54) is 4.88 Å². The molecule has 0 spiro atoms. The molecule has 0 fully saturated rings. The summed E-state index contributed by atoms with van der Waals surface area (Å²) in [6.07, 6.45) is 1.14. The van der Waals surface area contributed by atoms with E-state index >= 15 is 0 Å². The van der Waals surface area contributed by atoms with Crippen molar-refractivity contribution in [2.45, 2.75) is 26.3 Å². The van der Waals surface area contributed by atoms with E-state index in [-0.39, 0.29) is 0 Å². The van der Waals surface area contributed by atoms with Crippen molar-refractivity contribution in [2.75, 3.05) is 6.54 Å². The van der Waals surface area contributed by atoms with Gasteiger partial charge >= 0.3 is 0 Å². The molecule has 0 radical (unpaired) electrons. The molecule has 1 atom stereocenters. The molecule has 0 bridgehead atoms. The Morgan fingerprint density at radius 3 is 2.65 bits per heavy atom. The van der Waals surface area contributed by atoms with Crippen LogP contribution in [0.25, 0.3) is 10.4 Å². The maximum absolute atomic E-state index is 6.33. The van der Waals surface area contributed by atoms with E-state index in [2.05, 4.69) is 47.2 Å². The van der Waals surface area contributed by atoms with Crippen LogP contribution in [0.5, 0.6) is 0 Å². The lowest BCUT2D eigenvalue weighted by Crippen LogP contribution is -2.18. The number of thiophene rings is 1. The normalized spacial score (nSPS) is 12.7. The molecular weight excluding hydrogens is 377 g/mol. The highest BCUT2D eigenvalue weighted by molar-refractivity contribution is 9.10. The lowest BCUT2D eigenvalue weighted by Gasteiger charge is -2.10. The number of nitrogens with one attached hydrogen (secondary N) is 1. The van der Waals surface area contributed by atoms with E-state index in [9.17, 15) is 0 Å². The van der Waals surface area contributed by atoms with Crippen molar-refractivity contribution in [2.24, 2.45) is 0 Å². The van der Waals surface area contributed by atoms with Crippen LogP contribution in [0.15, 0.2) is 28.7 Å². The SMILES string of the molecule is CCCNC(C)c1ccc(-c2ccc(Br)c(Cl)c2Cl)s1. The van der Waals surface area contributed by atoms with Crippen molar-refractivity contribution in [3.05, 3.63) is 43.7 Å². The zero-order valence-corrected chi connectivity index (χ0v) is 15.3. The molecule has 1 heterocycles. The van der Waals surface area contributed by atoms with E-state index in [1.54, 1.807) is 11.3 Å². The van der Waals surface area contributed by atoms with Crippen LogP contribution in [0.3, 0.4) is 0 Å². The van der Waals surface area contributed by atoms with Gasteiger partial charge in [0.25, 0.3) is 0 Å². The topological polar surface area (TPSA) is 12.0 Å². The van der Waals surface area contributed by atoms with Crippen LogP contribution >= 0.6 is 50.5 Å². The molecule has 108 valence electrons. The highest BCUT2D eigenvalue weighted by Gasteiger charge is 2.14. The molecule has 5 heteroatoms. The van der Waals surface area contributed by atoms with Gasteiger partial charge in [0.05, 0.1) is 10.0 Å². The highest BCUT2D eigenvalue weighted by Crippen LogP contribution is 2.41. The van der Waals surface area contributed by atoms with Gasteiger partial charge in [-0.05, 0) is 54.0 Å². The van der Waals surface area contributed by atoms with E-state index in [0.717, 1.165) is 27.9 Å². The minimum atomic E-state index is 0.360. The van der Waals surface area contributed by atoms with Gasteiger partial charge in [-0.1, -0.05) is 36.2 Å². The highest BCUT2D eigenvalue weighted by atomic mass is 79.9. The summed E-state index contributed by atoms with van der Waals surface area (Å²) in [5, 5.41) is 4.66. The van der Waals surface area contributed by atoms with Crippen molar-refractivity contribution in [1.82, 2.24) is 5.32 Å². The number of rotatable bonds is 5. The fourth-order valence-corrected chi connectivity index (χ4v) is 3.91. The fourth-order valence-electron chi connectivity index (χ4n) is 1.91. The minimum absolute atomic E-state index is 0.360. The largest absolute Gasteiger partial charge is 0.309 e. The molecule has 2 aromatic rings. The molecule has 0 aliphatic carbocycles. The van der Waals surface area contributed by atoms with E-state index in [4.69, 9.17) is 23.2 Å². The second-order valence-electron chi connectivity index (χ2n) is 4.60. The van der Waals surface area contributed by atoms with Gasteiger partial charge in [-0.25, -0.2) is 0 Å². The molecule has 20 heavy (non-hydrogen) atoms. The zero-order valence-electron chi connectivity index (χ0n) is 11.3. The van der Waals surface area contributed by atoms with Gasteiger partial charge in [-0.15, -0.1) is 11.3 Å². The molecule has 0 aliphatic heterocycles. The molecular formula is C15H16BrCl2NS. The first-order valence-electron chi connectivity index (χ1n) is 6.51. The van der Waals surface area contributed by atoms with Gasteiger partial charge in [0, 0.05) is 25.8 Å². The monoisotopic (exact) mass is 391 g/mol. The summed E-state index contributed by atoms with van der Waals surface area (Å²) in [5.74, 6) is 0. The number of hydrogen-bond acceptors (Lipinski definition) is 2. The Balaban J connectivity index is 2.27. The van der Waals surface area contributed by atoms with Gasteiger partial charge in [0.15, 0.2) is 0 Å². The van der Waals surface area contributed by atoms with Crippen LogP contribution in [0.2, 0.25) is 10.0 Å². The lowest BCUT2D eigenvalue weighted by atomic mass is 10.2. The van der Waals surface area contributed by atoms with Crippen molar-refractivity contribution < 1.29 is 0 Å². The van der Waals surface area contributed by atoms with Gasteiger partial charge in [0.1, 0.15) is 0 Å². The lowest BCUT2D eigenvalue weighted by molar-refractivity contribution is 0.578. The second kappa shape index (κ2) is 7.28. The summed E-state index contributed by atoms with van der Waals surface area (Å²) in [7, 11) is 0. The predicted molar refractivity (Wildman–Crippen MR) is 94.2 cm³/mol. The van der Waals surface area contributed by atoms with Gasteiger partial charge in [-0.2, -0.15) is 0 Å². The second-order valence-corrected chi connectivity index (χ2v) is 7.33. The van der Waals surface area contributed by atoms with Crippen LogP contribution in [0.1, 0.15) is 31.2 Å². The van der Waals surface area contributed by atoms with Crippen molar-refractivity contribution in [3.63, 3.8) is 0 Å². The van der Waals surface area contributed by atoms with Crippen molar-refractivity contribution in [1.29, 1.82) is 0 Å². The number of benzene rings is 1. The molecule has 2 rings (SSSR count). The Bertz CT molecular complexity index is 598. The summed E-state index contributed by atoms with van der Waals surface area (Å²) < 4.78 is 0.822. The van der Waals surface area contributed by atoms with Crippen molar-refractivity contribution >= 4 is 50.5 Å². The van der Waals surface area contributed by atoms with Gasteiger partial charge in [0.2, 0.25) is 0 Å². The molecule has 0 saturated carbocycles. The van der Waals surface area contributed by atoms with Crippen LogP contribution < -0.4 is 5.32 Å². The molecule has 1 N–H and O–H groups in total. The third-order valence-corrected chi connectivity index (χ3v) is 6.13. The molecule has 0 amide bonds. The van der Waals surface area contributed by atoms with Gasteiger partial charge in [-0.3, -0.25) is 0 Å². The third kappa shape index (κ3) is 3.58. The summed E-state index contributed by atoms with van der Waals surface area (Å²) >= 11 is 17.7. The zero-order chi connectivity index (χ0) is 14.7. The first-order chi connectivity index (χ1) is 9.54. The average molecular weight is 393 g/mol. The third-order valence-electron chi connectivity index (χ3n) is 3.05. The molecule has 1 aromatic heterocycles. The maximum atomic E-state index is 6.33. The molecule has 0 aliphatic rings. The Morgan fingerprint density at radius 1 is 1.20 bits per heavy atom. The standard InChI is InChI=1S/C15H16BrCl2NS/c1-3-8-19-9(2)12-6-7-13(20-12)10-4-5-11(16)15(18)14(10)17/h4-7,9,19H,3,8H2,1-2H3. The fraction of sp³-hybridized carbons (Fsp3) is 0.333. The smallest absolute Gasteiger partial charge is 0.0740 e.